The number of rotatable bonds is 2. The lowest BCUT2D eigenvalue weighted by Crippen LogP contribution is -2.55. The summed E-state index contributed by atoms with van der Waals surface area (Å²) >= 11 is 12.2. The molecular weight excluding hydrogens is 279 g/mol. The summed E-state index contributed by atoms with van der Waals surface area (Å²) in [6.07, 6.45) is 2.67. The predicted molar refractivity (Wildman–Crippen MR) is 82.4 cm³/mol. The Labute approximate surface area is 125 Å². The monoisotopic (exact) mass is 298 g/mol. The molecule has 0 radical (unpaired) electrons. The topological polar surface area (TPSA) is 6.48 Å². The summed E-state index contributed by atoms with van der Waals surface area (Å²) in [6, 6.07) is 7.35. The predicted octanol–water partition coefficient (Wildman–Crippen LogP) is 3.75. The van der Waals surface area contributed by atoms with Crippen LogP contribution in [-0.2, 0) is 5.88 Å². The second-order valence-corrected chi connectivity index (χ2v) is 6.40. The molecule has 0 amide bonds. The molecule has 104 valence electrons. The van der Waals surface area contributed by atoms with E-state index in [2.05, 4.69) is 22.8 Å². The Kier molecular flexibility index (Phi) is 3.93. The van der Waals surface area contributed by atoms with Gasteiger partial charge in [-0.3, -0.25) is 4.90 Å². The zero-order chi connectivity index (χ0) is 13.4. The van der Waals surface area contributed by atoms with Crippen molar-refractivity contribution in [2.75, 3.05) is 24.5 Å². The molecule has 2 aliphatic heterocycles. The first-order valence-corrected chi connectivity index (χ1v) is 7.95. The number of benzene rings is 1. The molecule has 2 fully saturated rings. The Bertz CT molecular complexity index is 463. The van der Waals surface area contributed by atoms with Gasteiger partial charge in [-0.15, -0.1) is 11.6 Å². The van der Waals surface area contributed by atoms with E-state index in [1.807, 2.05) is 12.1 Å². The van der Waals surface area contributed by atoms with Crippen molar-refractivity contribution >= 4 is 28.9 Å². The van der Waals surface area contributed by atoms with Crippen LogP contribution in [0.5, 0.6) is 0 Å². The molecule has 2 saturated heterocycles. The second-order valence-electron chi connectivity index (χ2n) is 5.70. The lowest BCUT2D eigenvalue weighted by atomic mass is 10.0. The quantitative estimate of drug-likeness (QED) is 0.767. The van der Waals surface area contributed by atoms with Crippen LogP contribution in [0.2, 0.25) is 5.02 Å². The zero-order valence-electron chi connectivity index (χ0n) is 11.3. The highest BCUT2D eigenvalue weighted by molar-refractivity contribution is 6.30. The van der Waals surface area contributed by atoms with Gasteiger partial charge in [0.2, 0.25) is 0 Å². The van der Waals surface area contributed by atoms with Crippen LogP contribution in [0.3, 0.4) is 0 Å². The Morgan fingerprint density at radius 3 is 2.95 bits per heavy atom. The zero-order valence-corrected chi connectivity index (χ0v) is 12.8. The van der Waals surface area contributed by atoms with Gasteiger partial charge >= 0.3 is 0 Å². The number of halogens is 2. The summed E-state index contributed by atoms with van der Waals surface area (Å²) in [5, 5.41) is 0.770. The molecule has 2 atom stereocenters. The van der Waals surface area contributed by atoms with Gasteiger partial charge in [0.05, 0.1) is 0 Å². The van der Waals surface area contributed by atoms with Gasteiger partial charge in [-0.25, -0.2) is 0 Å². The molecule has 3 rings (SSSR count). The van der Waals surface area contributed by atoms with Crippen LogP contribution in [0.25, 0.3) is 0 Å². The molecular formula is C15H20Cl2N2. The van der Waals surface area contributed by atoms with Crippen molar-refractivity contribution in [3.8, 4) is 0 Å². The lowest BCUT2D eigenvalue weighted by Gasteiger charge is -2.44. The molecule has 0 N–H and O–H groups in total. The van der Waals surface area contributed by atoms with Gasteiger partial charge in [0.15, 0.2) is 0 Å². The highest BCUT2D eigenvalue weighted by Crippen LogP contribution is 2.32. The molecule has 4 heteroatoms. The van der Waals surface area contributed by atoms with Crippen LogP contribution in [0.1, 0.15) is 25.3 Å². The van der Waals surface area contributed by atoms with Crippen LogP contribution in [0.15, 0.2) is 18.2 Å². The van der Waals surface area contributed by atoms with E-state index < -0.39 is 0 Å². The molecule has 2 nitrogen and oxygen atoms in total. The summed E-state index contributed by atoms with van der Waals surface area (Å²) in [5.41, 5.74) is 2.41. The van der Waals surface area contributed by atoms with E-state index in [9.17, 15) is 0 Å². The van der Waals surface area contributed by atoms with E-state index in [0.717, 1.165) is 29.7 Å². The molecule has 1 aromatic rings. The summed E-state index contributed by atoms with van der Waals surface area (Å²) in [6.45, 7) is 5.86. The molecule has 2 heterocycles. The molecule has 0 bridgehead atoms. The number of alkyl halides is 1. The Hall–Kier alpha value is -0.440. The van der Waals surface area contributed by atoms with E-state index >= 15 is 0 Å². The first-order chi connectivity index (χ1) is 9.19. The number of nitrogens with zero attached hydrogens (tertiary/aromatic N) is 2. The number of hydrogen-bond acceptors (Lipinski definition) is 2. The van der Waals surface area contributed by atoms with Crippen LogP contribution >= 0.6 is 23.2 Å². The van der Waals surface area contributed by atoms with E-state index in [-0.39, 0.29) is 0 Å². The Balaban J connectivity index is 1.88. The minimum Gasteiger partial charge on any atom is -0.366 e. The van der Waals surface area contributed by atoms with Crippen LogP contribution in [-0.4, -0.2) is 36.6 Å². The fraction of sp³-hybridized carbons (Fsp3) is 0.600. The summed E-state index contributed by atoms with van der Waals surface area (Å²) in [7, 11) is 0. The molecule has 2 aliphatic rings. The summed E-state index contributed by atoms with van der Waals surface area (Å²) in [5.74, 6) is 0.521. The average Bonchev–Trinajstić information content (AvgIpc) is 2.85. The third-order valence-electron chi connectivity index (χ3n) is 4.43. The Morgan fingerprint density at radius 2 is 2.16 bits per heavy atom. The van der Waals surface area contributed by atoms with Gasteiger partial charge in [-0.05, 0) is 50.1 Å². The third-order valence-corrected chi connectivity index (χ3v) is 4.96. The highest BCUT2D eigenvalue weighted by Gasteiger charge is 2.34. The smallest absolute Gasteiger partial charge is 0.0495 e. The standard InChI is InChI=1S/C15H20Cl2N2/c1-11-9-18-6-2-3-14(18)10-19(11)15-5-4-13(17)7-12(15)8-16/h4-5,7,11,14H,2-3,6,8-10H2,1H3. The van der Waals surface area contributed by atoms with Crippen LogP contribution < -0.4 is 4.90 Å². The summed E-state index contributed by atoms with van der Waals surface area (Å²) in [4.78, 5) is 5.15. The fourth-order valence-electron chi connectivity index (χ4n) is 3.46. The van der Waals surface area contributed by atoms with Crippen molar-refractivity contribution in [3.05, 3.63) is 28.8 Å². The molecule has 0 saturated carbocycles. The first kappa shape index (κ1) is 13.5. The second kappa shape index (κ2) is 5.51. The van der Waals surface area contributed by atoms with Gasteiger partial charge in [-0.2, -0.15) is 0 Å². The minimum atomic E-state index is 0.521. The third kappa shape index (κ3) is 2.58. The van der Waals surface area contributed by atoms with Gasteiger partial charge in [0.1, 0.15) is 0 Å². The number of fused-ring (bicyclic) bond motifs is 1. The SMILES string of the molecule is CC1CN2CCCC2CN1c1ccc(Cl)cc1CCl. The van der Waals surface area contributed by atoms with Crippen LogP contribution in [0, 0.1) is 0 Å². The first-order valence-electron chi connectivity index (χ1n) is 7.04. The molecule has 2 unspecified atom stereocenters. The van der Waals surface area contributed by atoms with Gasteiger partial charge in [0, 0.05) is 41.8 Å². The number of hydrogen-bond donors (Lipinski definition) is 0. The van der Waals surface area contributed by atoms with Crippen molar-refractivity contribution in [2.45, 2.75) is 37.7 Å². The largest absolute Gasteiger partial charge is 0.366 e. The van der Waals surface area contributed by atoms with E-state index in [1.165, 1.54) is 25.1 Å². The van der Waals surface area contributed by atoms with Gasteiger partial charge in [0.25, 0.3) is 0 Å². The molecule has 0 aromatic heterocycles. The lowest BCUT2D eigenvalue weighted by molar-refractivity contribution is 0.203. The molecule has 0 aliphatic carbocycles. The minimum absolute atomic E-state index is 0.521. The van der Waals surface area contributed by atoms with Gasteiger partial charge in [-0.1, -0.05) is 11.6 Å². The van der Waals surface area contributed by atoms with E-state index in [1.54, 1.807) is 0 Å². The van der Waals surface area contributed by atoms with Crippen molar-refractivity contribution in [1.29, 1.82) is 0 Å². The van der Waals surface area contributed by atoms with E-state index in [0.29, 0.717) is 11.9 Å². The fourth-order valence-corrected chi connectivity index (χ4v) is 3.87. The van der Waals surface area contributed by atoms with Crippen molar-refractivity contribution in [2.24, 2.45) is 0 Å². The average molecular weight is 299 g/mol. The maximum atomic E-state index is 6.09. The Morgan fingerprint density at radius 1 is 1.32 bits per heavy atom. The van der Waals surface area contributed by atoms with Gasteiger partial charge < -0.3 is 4.90 Å². The van der Waals surface area contributed by atoms with Crippen molar-refractivity contribution in [1.82, 2.24) is 4.90 Å². The van der Waals surface area contributed by atoms with Crippen LogP contribution in [0.4, 0.5) is 5.69 Å². The van der Waals surface area contributed by atoms with Crippen molar-refractivity contribution < 1.29 is 0 Å². The molecule has 0 spiro atoms. The molecule has 1 aromatic carbocycles. The van der Waals surface area contributed by atoms with E-state index in [4.69, 9.17) is 23.2 Å². The summed E-state index contributed by atoms with van der Waals surface area (Å²) < 4.78 is 0. The number of piperazine rings is 1. The van der Waals surface area contributed by atoms with Crippen molar-refractivity contribution in [3.63, 3.8) is 0 Å². The highest BCUT2D eigenvalue weighted by atomic mass is 35.5. The molecule has 19 heavy (non-hydrogen) atoms. The normalized spacial score (nSPS) is 27.6. The number of anilines is 1. The maximum absolute atomic E-state index is 6.09. The maximum Gasteiger partial charge on any atom is 0.0495 e.